The van der Waals surface area contributed by atoms with Crippen LogP contribution < -0.4 is 5.48 Å². The number of methoxy groups -OCH3 is 1. The summed E-state index contributed by atoms with van der Waals surface area (Å²) in [6.07, 6.45) is -1.10. The maximum absolute atomic E-state index is 10.3. The fourth-order valence-electron chi connectivity index (χ4n) is 0.228. The molecule has 10 heavy (non-hydrogen) atoms. The Morgan fingerprint density at radius 2 is 2.40 bits per heavy atom. The van der Waals surface area contributed by atoms with Crippen LogP contribution in [0.4, 0.5) is 4.79 Å². The van der Waals surface area contributed by atoms with Crippen LogP contribution in [0.2, 0.25) is 0 Å². The second kappa shape index (κ2) is 5.01. The number of carbonyl (C=O) groups is 1. The zero-order chi connectivity index (χ0) is 7.98. The highest BCUT2D eigenvalue weighted by Gasteiger charge is 2.02. The van der Waals surface area contributed by atoms with Gasteiger partial charge in [-0.25, -0.2) is 4.79 Å². The molecule has 0 rings (SSSR count). The van der Waals surface area contributed by atoms with Crippen molar-refractivity contribution < 1.29 is 19.5 Å². The summed E-state index contributed by atoms with van der Waals surface area (Å²) in [7, 11) is 1.22. The summed E-state index contributed by atoms with van der Waals surface area (Å²) in [5.74, 6) is 0. The predicted molar refractivity (Wildman–Crippen MR) is 33.2 cm³/mol. The minimum Gasteiger partial charge on any atom is -0.451 e. The average molecular weight is 149 g/mol. The lowest BCUT2D eigenvalue weighted by Crippen LogP contribution is -2.29. The van der Waals surface area contributed by atoms with Gasteiger partial charge in [0.05, 0.1) is 13.7 Å². The zero-order valence-corrected chi connectivity index (χ0v) is 5.96. The summed E-state index contributed by atoms with van der Waals surface area (Å²) >= 11 is 0. The van der Waals surface area contributed by atoms with Gasteiger partial charge in [0, 0.05) is 0 Å². The van der Waals surface area contributed by atoms with E-state index in [0.717, 1.165) is 0 Å². The normalized spacial score (nSPS) is 12.3. The molecule has 0 spiro atoms. The molecule has 0 bridgehead atoms. The van der Waals surface area contributed by atoms with Gasteiger partial charge in [0.15, 0.2) is 0 Å². The molecule has 0 aliphatic heterocycles. The van der Waals surface area contributed by atoms with E-state index in [2.05, 4.69) is 9.57 Å². The largest absolute Gasteiger partial charge is 0.451 e. The van der Waals surface area contributed by atoms with Crippen LogP contribution in [0, 0.1) is 0 Å². The Morgan fingerprint density at radius 1 is 1.80 bits per heavy atom. The van der Waals surface area contributed by atoms with Crippen molar-refractivity contribution in [3.63, 3.8) is 0 Å². The quantitative estimate of drug-likeness (QED) is 0.538. The zero-order valence-electron chi connectivity index (χ0n) is 5.96. The fraction of sp³-hybridized carbons (Fsp3) is 0.800. The van der Waals surface area contributed by atoms with E-state index in [4.69, 9.17) is 5.11 Å². The summed E-state index contributed by atoms with van der Waals surface area (Å²) < 4.78 is 4.19. The van der Waals surface area contributed by atoms with Gasteiger partial charge in [0.25, 0.3) is 0 Å². The number of hydrogen-bond acceptors (Lipinski definition) is 4. The standard InChI is InChI=1S/C5H11NO4/c1-4(3-7)10-6-5(8)9-2/h4,7H,3H2,1-2H3,(H,6,8)/t4-/m0/s1. The molecule has 0 aromatic rings. The Bertz CT molecular complexity index is 106. The van der Waals surface area contributed by atoms with Crippen molar-refractivity contribution in [3.05, 3.63) is 0 Å². The first-order chi connectivity index (χ1) is 4.70. The van der Waals surface area contributed by atoms with Gasteiger partial charge in [-0.3, -0.25) is 4.84 Å². The van der Waals surface area contributed by atoms with E-state index in [1.807, 2.05) is 5.48 Å². The molecule has 0 aromatic heterocycles. The molecular weight excluding hydrogens is 138 g/mol. The van der Waals surface area contributed by atoms with E-state index in [-0.39, 0.29) is 6.61 Å². The first-order valence-corrected chi connectivity index (χ1v) is 2.81. The van der Waals surface area contributed by atoms with Gasteiger partial charge >= 0.3 is 6.09 Å². The second-order valence-electron chi connectivity index (χ2n) is 1.70. The van der Waals surface area contributed by atoms with Crippen molar-refractivity contribution in [1.82, 2.24) is 5.48 Å². The van der Waals surface area contributed by atoms with Crippen molar-refractivity contribution >= 4 is 6.09 Å². The molecule has 0 aliphatic carbocycles. The first kappa shape index (κ1) is 9.19. The van der Waals surface area contributed by atoms with Crippen molar-refractivity contribution in [3.8, 4) is 0 Å². The molecule has 5 heteroatoms. The number of aliphatic hydroxyl groups excluding tert-OH is 1. The van der Waals surface area contributed by atoms with Crippen LogP contribution in [0.25, 0.3) is 0 Å². The van der Waals surface area contributed by atoms with Crippen LogP contribution >= 0.6 is 0 Å². The Morgan fingerprint density at radius 3 is 2.80 bits per heavy atom. The summed E-state index contributed by atoms with van der Waals surface area (Å²) in [6.45, 7) is 1.46. The Balaban J connectivity index is 3.26. The number of carbonyl (C=O) groups excluding carboxylic acids is 1. The van der Waals surface area contributed by atoms with Crippen LogP contribution in [0.5, 0.6) is 0 Å². The molecule has 0 saturated heterocycles. The molecule has 0 saturated carbocycles. The SMILES string of the molecule is COC(=O)NO[C@@H](C)CO. The third-order valence-corrected chi connectivity index (χ3v) is 0.786. The van der Waals surface area contributed by atoms with Gasteiger partial charge < -0.3 is 9.84 Å². The Kier molecular flexibility index (Phi) is 4.61. The minimum atomic E-state index is -0.680. The van der Waals surface area contributed by atoms with Crippen molar-refractivity contribution in [2.75, 3.05) is 13.7 Å². The summed E-state index contributed by atoms with van der Waals surface area (Å²) in [5.41, 5.74) is 1.96. The molecule has 0 radical (unpaired) electrons. The highest BCUT2D eigenvalue weighted by atomic mass is 16.7. The number of aliphatic hydroxyl groups is 1. The number of amides is 1. The van der Waals surface area contributed by atoms with Crippen molar-refractivity contribution in [1.29, 1.82) is 0 Å². The fourth-order valence-corrected chi connectivity index (χ4v) is 0.228. The molecule has 0 heterocycles. The van der Waals surface area contributed by atoms with Gasteiger partial charge in [-0.1, -0.05) is 0 Å². The molecule has 1 atom stereocenters. The van der Waals surface area contributed by atoms with E-state index in [9.17, 15) is 4.79 Å². The monoisotopic (exact) mass is 149 g/mol. The summed E-state index contributed by atoms with van der Waals surface area (Å²) in [5, 5.41) is 8.40. The first-order valence-electron chi connectivity index (χ1n) is 2.81. The van der Waals surface area contributed by atoms with Gasteiger partial charge in [-0.05, 0) is 6.92 Å². The van der Waals surface area contributed by atoms with E-state index in [1.165, 1.54) is 7.11 Å². The number of ether oxygens (including phenoxy) is 1. The third kappa shape index (κ3) is 4.11. The predicted octanol–water partition coefficient (Wildman–Crippen LogP) is -0.345. The van der Waals surface area contributed by atoms with Crippen molar-refractivity contribution in [2.45, 2.75) is 13.0 Å². The summed E-state index contributed by atoms with van der Waals surface area (Å²) in [6, 6.07) is 0. The van der Waals surface area contributed by atoms with E-state index >= 15 is 0 Å². The molecule has 5 nitrogen and oxygen atoms in total. The van der Waals surface area contributed by atoms with Crippen LogP contribution in [0.3, 0.4) is 0 Å². The number of rotatable bonds is 3. The van der Waals surface area contributed by atoms with Gasteiger partial charge in [0.1, 0.15) is 6.10 Å². The van der Waals surface area contributed by atoms with E-state index in [0.29, 0.717) is 0 Å². The van der Waals surface area contributed by atoms with E-state index in [1.54, 1.807) is 6.92 Å². The van der Waals surface area contributed by atoms with Crippen LogP contribution in [0.1, 0.15) is 6.92 Å². The van der Waals surface area contributed by atoms with Crippen molar-refractivity contribution in [2.24, 2.45) is 0 Å². The molecule has 1 amide bonds. The lowest BCUT2D eigenvalue weighted by molar-refractivity contribution is -0.0344. The van der Waals surface area contributed by atoms with Crippen LogP contribution in [-0.2, 0) is 9.57 Å². The smallest absolute Gasteiger partial charge is 0.431 e. The molecule has 60 valence electrons. The maximum atomic E-state index is 10.3. The topological polar surface area (TPSA) is 67.8 Å². The molecule has 0 fully saturated rings. The number of hydrogen-bond donors (Lipinski definition) is 2. The number of hydroxylamine groups is 1. The lowest BCUT2D eigenvalue weighted by atomic mass is 10.5. The van der Waals surface area contributed by atoms with E-state index < -0.39 is 12.2 Å². The average Bonchev–Trinajstić information content (AvgIpc) is 1.99. The highest BCUT2D eigenvalue weighted by Crippen LogP contribution is 1.83. The minimum absolute atomic E-state index is 0.149. The van der Waals surface area contributed by atoms with Gasteiger partial charge in [-0.15, -0.1) is 0 Å². The second-order valence-corrected chi connectivity index (χ2v) is 1.70. The number of nitrogens with one attached hydrogen (secondary N) is 1. The van der Waals surface area contributed by atoms with Crippen LogP contribution in [-0.4, -0.2) is 31.0 Å². The molecule has 2 N–H and O–H groups in total. The van der Waals surface area contributed by atoms with Gasteiger partial charge in [0.2, 0.25) is 0 Å². The molecular formula is C5H11NO4. The van der Waals surface area contributed by atoms with Gasteiger partial charge in [-0.2, -0.15) is 5.48 Å². The third-order valence-electron chi connectivity index (χ3n) is 0.786. The Hall–Kier alpha value is -0.810. The molecule has 0 unspecified atom stereocenters. The lowest BCUT2D eigenvalue weighted by Gasteiger charge is -2.08. The maximum Gasteiger partial charge on any atom is 0.431 e. The Labute approximate surface area is 58.9 Å². The molecule has 0 aliphatic rings. The summed E-state index contributed by atoms with van der Waals surface area (Å²) in [4.78, 5) is 14.9. The van der Waals surface area contributed by atoms with Crippen LogP contribution in [0.15, 0.2) is 0 Å². The highest BCUT2D eigenvalue weighted by molar-refractivity contribution is 5.65. The molecule has 0 aromatic carbocycles.